The molecular weight excluding hydrogens is 468 g/mol. The predicted octanol–water partition coefficient (Wildman–Crippen LogP) is 5.43. The molecule has 0 bridgehead atoms. The van der Waals surface area contributed by atoms with Crippen molar-refractivity contribution in [1.82, 2.24) is 19.3 Å². The molecule has 0 aliphatic carbocycles. The second-order valence-corrected chi connectivity index (χ2v) is 9.68. The Morgan fingerprint density at radius 2 is 1.94 bits per heavy atom. The predicted molar refractivity (Wildman–Crippen MR) is 137 cm³/mol. The Bertz CT molecular complexity index is 1260. The minimum Gasteiger partial charge on any atom is -0.495 e. The number of carbonyl (C=O) groups excluding carboxylic acids is 1. The first-order chi connectivity index (χ1) is 16.5. The van der Waals surface area contributed by atoms with E-state index in [1.54, 1.807) is 25.6 Å². The van der Waals surface area contributed by atoms with Crippen LogP contribution in [-0.4, -0.2) is 51.7 Å². The van der Waals surface area contributed by atoms with Gasteiger partial charge in [0, 0.05) is 37.2 Å². The van der Waals surface area contributed by atoms with E-state index in [1.165, 1.54) is 11.8 Å². The largest absolute Gasteiger partial charge is 0.495 e. The molecule has 178 valence electrons. The smallest absolute Gasteiger partial charge is 0.196 e. The van der Waals surface area contributed by atoms with Gasteiger partial charge in [-0.15, -0.1) is 21.5 Å². The van der Waals surface area contributed by atoms with Gasteiger partial charge in [0.15, 0.2) is 16.8 Å². The number of aromatic nitrogens is 4. The van der Waals surface area contributed by atoms with Crippen molar-refractivity contribution in [1.29, 1.82) is 0 Å². The topological polar surface area (TPSA) is 71.2 Å². The quantitative estimate of drug-likeness (QED) is 0.157. The molecule has 9 heteroatoms. The zero-order chi connectivity index (χ0) is 24.1. The van der Waals surface area contributed by atoms with E-state index in [0.29, 0.717) is 17.5 Å². The van der Waals surface area contributed by atoms with Gasteiger partial charge in [0.1, 0.15) is 5.75 Å². The summed E-state index contributed by atoms with van der Waals surface area (Å²) in [6.45, 7) is 5.57. The van der Waals surface area contributed by atoms with E-state index in [2.05, 4.69) is 14.8 Å². The van der Waals surface area contributed by atoms with E-state index < -0.39 is 0 Å². The van der Waals surface area contributed by atoms with Crippen molar-refractivity contribution >= 4 is 28.9 Å². The maximum absolute atomic E-state index is 13.2. The van der Waals surface area contributed by atoms with Gasteiger partial charge in [0.2, 0.25) is 0 Å². The number of methoxy groups -OCH3 is 2. The molecule has 4 rings (SSSR count). The van der Waals surface area contributed by atoms with E-state index in [0.717, 1.165) is 46.3 Å². The molecule has 0 N–H and O–H groups in total. The summed E-state index contributed by atoms with van der Waals surface area (Å²) in [7, 11) is 3.35. The van der Waals surface area contributed by atoms with Crippen molar-refractivity contribution < 1.29 is 14.3 Å². The average molecular weight is 497 g/mol. The van der Waals surface area contributed by atoms with Gasteiger partial charge in [-0.05, 0) is 49.9 Å². The number of nitrogens with zero attached hydrogens (tertiary/aromatic N) is 4. The molecule has 0 saturated carbocycles. The van der Waals surface area contributed by atoms with Crippen molar-refractivity contribution in [2.45, 2.75) is 32.0 Å². The highest BCUT2D eigenvalue weighted by Crippen LogP contribution is 2.34. The number of hydrogen-bond acceptors (Lipinski definition) is 7. The van der Waals surface area contributed by atoms with Crippen LogP contribution in [0.1, 0.15) is 28.2 Å². The number of aryl methyl sites for hydroxylation is 1. The van der Waals surface area contributed by atoms with Crippen LogP contribution in [0.2, 0.25) is 0 Å². The Kier molecular flexibility index (Phi) is 7.87. The van der Waals surface area contributed by atoms with E-state index >= 15 is 0 Å². The van der Waals surface area contributed by atoms with Gasteiger partial charge in [0.05, 0.1) is 23.4 Å². The summed E-state index contributed by atoms with van der Waals surface area (Å²) in [5.74, 6) is 1.78. The molecule has 3 heterocycles. The molecule has 0 saturated heterocycles. The lowest BCUT2D eigenvalue weighted by atomic mass is 10.2. The monoisotopic (exact) mass is 496 g/mol. The van der Waals surface area contributed by atoms with Crippen molar-refractivity contribution in [2.75, 3.05) is 26.6 Å². The van der Waals surface area contributed by atoms with Gasteiger partial charge in [0.25, 0.3) is 0 Å². The summed E-state index contributed by atoms with van der Waals surface area (Å²) < 4.78 is 14.9. The molecule has 0 aliphatic rings. The first-order valence-corrected chi connectivity index (χ1v) is 12.9. The zero-order valence-corrected chi connectivity index (χ0v) is 21.4. The Morgan fingerprint density at radius 1 is 1.12 bits per heavy atom. The molecule has 0 amide bonds. The number of para-hydroxylation sites is 2. The van der Waals surface area contributed by atoms with Crippen LogP contribution in [0.5, 0.6) is 5.75 Å². The molecule has 0 spiro atoms. The second-order valence-electron chi connectivity index (χ2n) is 7.79. The first-order valence-electron chi connectivity index (χ1n) is 11.0. The van der Waals surface area contributed by atoms with Crippen LogP contribution in [0, 0.1) is 13.8 Å². The fraction of sp³-hybridized carbons (Fsp3) is 0.320. The van der Waals surface area contributed by atoms with Crippen molar-refractivity contribution in [2.24, 2.45) is 0 Å². The summed E-state index contributed by atoms with van der Waals surface area (Å²) >= 11 is 2.98. The molecule has 4 aromatic rings. The minimum atomic E-state index is 0.0725. The Morgan fingerprint density at radius 3 is 2.68 bits per heavy atom. The number of Topliss-reactive ketones (excluding diaryl/α,β-unsaturated/α-hetero) is 1. The summed E-state index contributed by atoms with van der Waals surface area (Å²) in [6, 6.07) is 13.7. The lowest BCUT2D eigenvalue weighted by molar-refractivity contribution is 0.102. The third-order valence-electron chi connectivity index (χ3n) is 5.64. The van der Waals surface area contributed by atoms with Crippen LogP contribution in [0.15, 0.2) is 53.0 Å². The van der Waals surface area contributed by atoms with Crippen LogP contribution >= 0.6 is 23.1 Å². The summed E-state index contributed by atoms with van der Waals surface area (Å²) in [6.07, 6.45) is 0.906. The highest BCUT2D eigenvalue weighted by Gasteiger charge is 2.22. The number of ketones is 1. The van der Waals surface area contributed by atoms with Crippen LogP contribution < -0.4 is 4.74 Å². The van der Waals surface area contributed by atoms with Crippen molar-refractivity contribution in [3.05, 3.63) is 64.8 Å². The third-order valence-corrected chi connectivity index (χ3v) is 7.43. The first kappa shape index (κ1) is 24.3. The molecule has 0 radical (unpaired) electrons. The maximum atomic E-state index is 13.2. The molecule has 0 fully saturated rings. The Balaban J connectivity index is 1.61. The fourth-order valence-electron chi connectivity index (χ4n) is 3.96. The number of rotatable bonds is 11. The van der Waals surface area contributed by atoms with Crippen molar-refractivity contribution in [3.63, 3.8) is 0 Å². The maximum Gasteiger partial charge on any atom is 0.196 e. The van der Waals surface area contributed by atoms with E-state index in [4.69, 9.17) is 9.47 Å². The van der Waals surface area contributed by atoms with Gasteiger partial charge in [-0.3, -0.25) is 9.36 Å². The number of ether oxygens (including phenoxy) is 2. The van der Waals surface area contributed by atoms with Crippen molar-refractivity contribution in [3.8, 4) is 22.1 Å². The summed E-state index contributed by atoms with van der Waals surface area (Å²) in [4.78, 5) is 14.2. The van der Waals surface area contributed by atoms with Crippen LogP contribution in [0.3, 0.4) is 0 Å². The van der Waals surface area contributed by atoms with Crippen LogP contribution in [-0.2, 0) is 11.3 Å². The van der Waals surface area contributed by atoms with Crippen LogP contribution in [0.25, 0.3) is 16.4 Å². The number of carbonyl (C=O) groups is 1. The Labute approximate surface area is 207 Å². The molecule has 34 heavy (non-hydrogen) atoms. The number of hydrogen-bond donors (Lipinski definition) is 0. The number of thioether (sulfide) groups is 1. The van der Waals surface area contributed by atoms with Gasteiger partial charge in [-0.1, -0.05) is 30.0 Å². The summed E-state index contributed by atoms with van der Waals surface area (Å²) in [5.41, 5.74) is 3.66. The normalized spacial score (nSPS) is 11.2. The molecule has 0 atom stereocenters. The lowest BCUT2D eigenvalue weighted by Gasteiger charge is -2.13. The minimum absolute atomic E-state index is 0.0725. The van der Waals surface area contributed by atoms with Gasteiger partial charge in [-0.25, -0.2) is 0 Å². The van der Waals surface area contributed by atoms with Gasteiger partial charge in [-0.2, -0.15) is 0 Å². The zero-order valence-electron chi connectivity index (χ0n) is 19.8. The van der Waals surface area contributed by atoms with Crippen LogP contribution in [0.4, 0.5) is 0 Å². The average Bonchev–Trinajstić information content (AvgIpc) is 3.58. The van der Waals surface area contributed by atoms with Gasteiger partial charge < -0.3 is 14.0 Å². The standard InChI is InChI=1S/C25H28N4O3S2/c1-17-15-19(18(2)28(17)12-8-13-31-3)21(30)16-34-25-27-26-24(23-11-7-14-33-23)29(25)20-9-5-6-10-22(20)32-4/h5-7,9-11,14-15H,8,12-13,16H2,1-4H3. The Hall–Kier alpha value is -2.88. The van der Waals surface area contributed by atoms with Gasteiger partial charge >= 0.3 is 0 Å². The molecule has 7 nitrogen and oxygen atoms in total. The molecule has 3 aromatic heterocycles. The molecule has 0 aliphatic heterocycles. The van der Waals surface area contributed by atoms with E-state index in [-0.39, 0.29) is 11.5 Å². The highest BCUT2D eigenvalue weighted by atomic mass is 32.2. The molecule has 0 unspecified atom stereocenters. The third kappa shape index (κ3) is 4.96. The molecular formula is C25H28N4O3S2. The lowest BCUT2D eigenvalue weighted by Crippen LogP contribution is -2.09. The van der Waals surface area contributed by atoms with E-state index in [1.807, 2.05) is 66.3 Å². The number of thiophene rings is 1. The fourth-order valence-corrected chi connectivity index (χ4v) is 5.49. The summed E-state index contributed by atoms with van der Waals surface area (Å²) in [5, 5.41) is 11.6. The van der Waals surface area contributed by atoms with E-state index in [9.17, 15) is 4.79 Å². The molecule has 1 aromatic carbocycles. The highest BCUT2D eigenvalue weighted by molar-refractivity contribution is 7.99. The number of benzene rings is 1. The second kappa shape index (κ2) is 11.0. The SMILES string of the molecule is COCCCn1c(C)cc(C(=O)CSc2nnc(-c3cccs3)n2-c2ccccc2OC)c1C.